The number of nitrogens with zero attached hydrogens (tertiary/aromatic N) is 1. The molecule has 154 valence electrons. The summed E-state index contributed by atoms with van der Waals surface area (Å²) in [5, 5.41) is 12.1. The number of carbonyl (C=O) groups is 3. The molecule has 0 aromatic heterocycles. The van der Waals surface area contributed by atoms with Crippen molar-refractivity contribution in [3.63, 3.8) is 0 Å². The van der Waals surface area contributed by atoms with E-state index in [0.29, 0.717) is 17.7 Å². The number of halogens is 1. The lowest BCUT2D eigenvalue weighted by atomic mass is 10.1. The van der Waals surface area contributed by atoms with Gasteiger partial charge >= 0.3 is 12.0 Å². The summed E-state index contributed by atoms with van der Waals surface area (Å²) in [7, 11) is 1.45. The molecule has 0 spiro atoms. The number of rotatable bonds is 8. The molecule has 2 aromatic rings. The Morgan fingerprint density at radius 3 is 2.45 bits per heavy atom. The number of methoxy groups -OCH3 is 1. The molecule has 8 heteroatoms. The molecule has 29 heavy (non-hydrogen) atoms. The second-order valence-corrected chi connectivity index (χ2v) is 6.69. The van der Waals surface area contributed by atoms with Gasteiger partial charge in [0.05, 0.1) is 17.7 Å². The van der Waals surface area contributed by atoms with Crippen LogP contribution in [0.4, 0.5) is 4.79 Å². The Bertz CT molecular complexity index is 873. The van der Waals surface area contributed by atoms with E-state index >= 15 is 0 Å². The molecule has 0 aliphatic carbocycles. The van der Waals surface area contributed by atoms with Gasteiger partial charge in [-0.15, -0.1) is 0 Å². The van der Waals surface area contributed by atoms with E-state index in [0.717, 1.165) is 11.3 Å². The Kier molecular flexibility index (Phi) is 8.03. The van der Waals surface area contributed by atoms with Crippen molar-refractivity contribution in [3.05, 3.63) is 64.7 Å². The van der Waals surface area contributed by atoms with E-state index in [2.05, 4.69) is 5.32 Å². The molecule has 0 fully saturated rings. The third-order valence-corrected chi connectivity index (χ3v) is 4.61. The van der Waals surface area contributed by atoms with Crippen LogP contribution in [-0.4, -0.2) is 41.6 Å². The normalized spacial score (nSPS) is 11.4. The molecular weight excluding hydrogens is 396 g/mol. The molecular formula is C21H23ClN2O5. The molecule has 7 nitrogen and oxygen atoms in total. The molecule has 2 aromatic carbocycles. The van der Waals surface area contributed by atoms with Crippen molar-refractivity contribution < 1.29 is 24.2 Å². The maximum absolute atomic E-state index is 13.0. The van der Waals surface area contributed by atoms with E-state index < -0.39 is 23.9 Å². The van der Waals surface area contributed by atoms with Crippen molar-refractivity contribution >= 4 is 29.5 Å². The number of unbranched alkanes of at least 4 members (excludes halogenated alkanes) is 1. The van der Waals surface area contributed by atoms with Crippen LogP contribution in [0.1, 0.15) is 41.7 Å². The summed E-state index contributed by atoms with van der Waals surface area (Å²) in [6.45, 7) is 2.04. The average molecular weight is 419 g/mol. The standard InChI is InChI=1S/C21H23ClN2O5/c1-3-4-12-24(19(25)16-13-15(29-2)10-11-17(16)22)21(28)23-18(20(26)27)14-8-6-5-7-9-14/h5-11,13,18H,3-4,12H2,1-2H3,(H,23,28)(H,26,27). The Hall–Kier alpha value is -3.06. The summed E-state index contributed by atoms with van der Waals surface area (Å²) in [5.74, 6) is -1.44. The highest BCUT2D eigenvalue weighted by Gasteiger charge is 2.29. The predicted octanol–water partition coefficient (Wildman–Crippen LogP) is 4.13. The number of carboxylic acid groups (broad SMARTS) is 1. The van der Waals surface area contributed by atoms with Crippen LogP contribution in [0.25, 0.3) is 0 Å². The Labute approximate surface area is 174 Å². The number of ether oxygens (including phenoxy) is 1. The van der Waals surface area contributed by atoms with Crippen LogP contribution < -0.4 is 10.1 Å². The first-order chi connectivity index (χ1) is 13.9. The highest BCUT2D eigenvalue weighted by Crippen LogP contribution is 2.24. The van der Waals surface area contributed by atoms with Gasteiger partial charge in [-0.25, -0.2) is 9.59 Å². The minimum Gasteiger partial charge on any atom is -0.497 e. The third-order valence-electron chi connectivity index (χ3n) is 4.28. The van der Waals surface area contributed by atoms with Crippen molar-refractivity contribution in [1.29, 1.82) is 0 Å². The number of benzene rings is 2. The summed E-state index contributed by atoms with van der Waals surface area (Å²) in [5.41, 5.74) is 0.500. The zero-order chi connectivity index (χ0) is 21.4. The number of amides is 3. The van der Waals surface area contributed by atoms with Gasteiger partial charge in [-0.3, -0.25) is 9.69 Å². The molecule has 3 amide bonds. The van der Waals surface area contributed by atoms with Gasteiger partial charge in [-0.1, -0.05) is 55.3 Å². The Balaban J connectivity index is 2.32. The van der Waals surface area contributed by atoms with E-state index in [1.54, 1.807) is 36.4 Å². The number of aliphatic carboxylic acids is 1. The number of hydrogen-bond acceptors (Lipinski definition) is 4. The van der Waals surface area contributed by atoms with Gasteiger partial charge in [0.15, 0.2) is 6.04 Å². The number of carboxylic acids is 1. The fraction of sp³-hybridized carbons (Fsp3) is 0.286. The van der Waals surface area contributed by atoms with Crippen molar-refractivity contribution in [3.8, 4) is 5.75 Å². The number of imide groups is 1. The van der Waals surface area contributed by atoms with Gasteiger partial charge in [0.1, 0.15) is 5.75 Å². The van der Waals surface area contributed by atoms with Crippen LogP contribution in [0.3, 0.4) is 0 Å². The van der Waals surface area contributed by atoms with Gasteiger partial charge in [-0.05, 0) is 30.2 Å². The lowest BCUT2D eigenvalue weighted by Crippen LogP contribution is -2.47. The number of nitrogens with one attached hydrogen (secondary N) is 1. The molecule has 1 unspecified atom stereocenters. The van der Waals surface area contributed by atoms with E-state index in [9.17, 15) is 19.5 Å². The summed E-state index contributed by atoms with van der Waals surface area (Å²) in [4.78, 5) is 38.6. The fourth-order valence-corrected chi connectivity index (χ4v) is 2.89. The van der Waals surface area contributed by atoms with Gasteiger partial charge < -0.3 is 15.2 Å². The molecule has 0 aliphatic heterocycles. The fourth-order valence-electron chi connectivity index (χ4n) is 2.69. The van der Waals surface area contributed by atoms with E-state index in [1.165, 1.54) is 19.2 Å². The van der Waals surface area contributed by atoms with Crippen LogP contribution in [0.5, 0.6) is 5.75 Å². The molecule has 0 aliphatic rings. The zero-order valence-corrected chi connectivity index (χ0v) is 17.0. The quantitative estimate of drug-likeness (QED) is 0.672. The number of carbonyl (C=O) groups excluding carboxylic acids is 2. The smallest absolute Gasteiger partial charge is 0.330 e. The van der Waals surface area contributed by atoms with E-state index in [4.69, 9.17) is 16.3 Å². The lowest BCUT2D eigenvalue weighted by Gasteiger charge is -2.24. The van der Waals surface area contributed by atoms with E-state index in [1.807, 2.05) is 6.92 Å². The minimum atomic E-state index is -1.29. The molecule has 2 rings (SSSR count). The van der Waals surface area contributed by atoms with Crippen LogP contribution in [0, 0.1) is 0 Å². The van der Waals surface area contributed by atoms with Crippen molar-refractivity contribution in [2.24, 2.45) is 0 Å². The molecule has 2 N–H and O–H groups in total. The van der Waals surface area contributed by atoms with Gasteiger partial charge in [0.2, 0.25) is 0 Å². The Morgan fingerprint density at radius 2 is 1.86 bits per heavy atom. The summed E-state index contributed by atoms with van der Waals surface area (Å²) < 4.78 is 5.13. The average Bonchev–Trinajstić information content (AvgIpc) is 2.72. The van der Waals surface area contributed by atoms with Crippen molar-refractivity contribution in [1.82, 2.24) is 10.2 Å². The highest BCUT2D eigenvalue weighted by atomic mass is 35.5. The number of urea groups is 1. The topological polar surface area (TPSA) is 95.9 Å². The molecule has 0 radical (unpaired) electrons. The first kappa shape index (κ1) is 22.2. The maximum atomic E-state index is 13.0. The molecule has 0 heterocycles. The maximum Gasteiger partial charge on any atom is 0.330 e. The monoisotopic (exact) mass is 418 g/mol. The van der Waals surface area contributed by atoms with Crippen LogP contribution >= 0.6 is 11.6 Å². The second kappa shape index (κ2) is 10.5. The SMILES string of the molecule is CCCCN(C(=O)NC(C(=O)O)c1ccccc1)C(=O)c1cc(OC)ccc1Cl. The van der Waals surface area contributed by atoms with Crippen LogP contribution in [0.2, 0.25) is 5.02 Å². The molecule has 1 atom stereocenters. The van der Waals surface area contributed by atoms with E-state index in [-0.39, 0.29) is 17.1 Å². The van der Waals surface area contributed by atoms with Gasteiger partial charge in [0, 0.05) is 6.54 Å². The van der Waals surface area contributed by atoms with Crippen LogP contribution in [0.15, 0.2) is 48.5 Å². The van der Waals surface area contributed by atoms with Crippen LogP contribution in [-0.2, 0) is 4.79 Å². The lowest BCUT2D eigenvalue weighted by molar-refractivity contribution is -0.139. The summed E-state index contributed by atoms with van der Waals surface area (Å²) >= 11 is 6.15. The number of hydrogen-bond donors (Lipinski definition) is 2. The first-order valence-corrected chi connectivity index (χ1v) is 9.50. The van der Waals surface area contributed by atoms with Crippen molar-refractivity contribution in [2.45, 2.75) is 25.8 Å². The predicted molar refractivity (Wildman–Crippen MR) is 109 cm³/mol. The minimum absolute atomic E-state index is 0.101. The van der Waals surface area contributed by atoms with Gasteiger partial charge in [0.25, 0.3) is 5.91 Å². The summed E-state index contributed by atoms with van der Waals surface area (Å²) in [6.07, 6.45) is 1.30. The summed E-state index contributed by atoms with van der Waals surface area (Å²) in [6, 6.07) is 10.7. The highest BCUT2D eigenvalue weighted by molar-refractivity contribution is 6.34. The van der Waals surface area contributed by atoms with Gasteiger partial charge in [-0.2, -0.15) is 0 Å². The zero-order valence-electron chi connectivity index (χ0n) is 16.2. The second-order valence-electron chi connectivity index (χ2n) is 6.29. The largest absolute Gasteiger partial charge is 0.497 e. The first-order valence-electron chi connectivity index (χ1n) is 9.12. The molecule has 0 saturated carbocycles. The molecule has 0 bridgehead atoms. The Morgan fingerprint density at radius 1 is 1.17 bits per heavy atom. The third kappa shape index (κ3) is 5.71. The molecule has 0 saturated heterocycles. The van der Waals surface area contributed by atoms with Crippen molar-refractivity contribution in [2.75, 3.05) is 13.7 Å².